The molecule has 23 heavy (non-hydrogen) atoms. The van der Waals surface area contributed by atoms with Crippen LogP contribution in [0.4, 0.5) is 0 Å². The van der Waals surface area contributed by atoms with Crippen molar-refractivity contribution in [2.24, 2.45) is 5.92 Å². The SMILES string of the molecule is CCCCC(CC)COC(=O)/C(C)=C/C=C(\C)C(=O)OC(C)O. The number of ether oxygens (including phenoxy) is 2. The summed E-state index contributed by atoms with van der Waals surface area (Å²) < 4.78 is 9.96. The van der Waals surface area contributed by atoms with Crippen LogP contribution in [0.25, 0.3) is 0 Å². The first kappa shape index (κ1) is 21.4. The highest BCUT2D eigenvalue weighted by molar-refractivity contribution is 5.90. The molecule has 0 saturated carbocycles. The van der Waals surface area contributed by atoms with Gasteiger partial charge in [-0.05, 0) is 33.1 Å². The first-order chi connectivity index (χ1) is 10.8. The second-order valence-corrected chi connectivity index (χ2v) is 5.72. The molecule has 0 saturated heterocycles. The first-order valence-electron chi connectivity index (χ1n) is 8.23. The standard InChI is InChI=1S/C18H30O5/c1-6-8-9-16(7-2)12-22-17(20)13(3)10-11-14(4)18(21)23-15(5)19/h10-11,15-16,19H,6-9,12H2,1-5H3/b13-10+,14-11+. The Kier molecular flexibility index (Phi) is 11.0. The molecule has 2 atom stereocenters. The maximum atomic E-state index is 11.9. The van der Waals surface area contributed by atoms with Crippen molar-refractivity contribution in [3.63, 3.8) is 0 Å². The lowest BCUT2D eigenvalue weighted by molar-refractivity contribution is -0.159. The van der Waals surface area contributed by atoms with E-state index in [-0.39, 0.29) is 5.97 Å². The second kappa shape index (κ2) is 11.9. The van der Waals surface area contributed by atoms with E-state index in [2.05, 4.69) is 18.6 Å². The van der Waals surface area contributed by atoms with E-state index in [0.717, 1.165) is 25.7 Å². The van der Waals surface area contributed by atoms with Crippen LogP contribution in [0.5, 0.6) is 0 Å². The van der Waals surface area contributed by atoms with E-state index in [4.69, 9.17) is 9.84 Å². The van der Waals surface area contributed by atoms with Crippen LogP contribution in [0.2, 0.25) is 0 Å². The number of carbonyl (C=O) groups excluding carboxylic acids is 2. The summed E-state index contributed by atoms with van der Waals surface area (Å²) in [5.41, 5.74) is 0.715. The summed E-state index contributed by atoms with van der Waals surface area (Å²) in [7, 11) is 0. The van der Waals surface area contributed by atoms with Crippen LogP contribution in [-0.2, 0) is 19.1 Å². The third kappa shape index (κ3) is 9.89. The Hall–Kier alpha value is -1.62. The molecule has 0 fully saturated rings. The number of esters is 2. The molecule has 0 radical (unpaired) electrons. The van der Waals surface area contributed by atoms with Crippen LogP contribution in [0.1, 0.15) is 60.3 Å². The second-order valence-electron chi connectivity index (χ2n) is 5.72. The van der Waals surface area contributed by atoms with E-state index in [1.54, 1.807) is 13.8 Å². The number of allylic oxidation sites excluding steroid dienone is 2. The molecule has 0 aliphatic carbocycles. The Labute approximate surface area is 139 Å². The fourth-order valence-corrected chi connectivity index (χ4v) is 1.84. The van der Waals surface area contributed by atoms with Gasteiger partial charge in [0.1, 0.15) is 0 Å². The summed E-state index contributed by atoms with van der Waals surface area (Å²) >= 11 is 0. The lowest BCUT2D eigenvalue weighted by atomic mass is 10.0. The van der Waals surface area contributed by atoms with Gasteiger partial charge in [0.15, 0.2) is 6.29 Å². The molecule has 0 aromatic rings. The Balaban J connectivity index is 4.49. The molecule has 0 aromatic carbocycles. The molecular weight excluding hydrogens is 296 g/mol. The quantitative estimate of drug-likeness (QED) is 0.288. The molecule has 5 nitrogen and oxygen atoms in total. The van der Waals surface area contributed by atoms with Gasteiger partial charge >= 0.3 is 11.9 Å². The third-order valence-corrected chi connectivity index (χ3v) is 3.50. The number of aliphatic hydroxyl groups is 1. The van der Waals surface area contributed by atoms with Crippen molar-refractivity contribution < 1.29 is 24.2 Å². The van der Waals surface area contributed by atoms with Crippen molar-refractivity contribution in [2.75, 3.05) is 6.61 Å². The minimum Gasteiger partial charge on any atom is -0.462 e. The van der Waals surface area contributed by atoms with Gasteiger partial charge in [-0.1, -0.05) is 45.3 Å². The topological polar surface area (TPSA) is 72.8 Å². The van der Waals surface area contributed by atoms with Crippen LogP contribution in [0.3, 0.4) is 0 Å². The number of aliphatic hydroxyl groups excluding tert-OH is 1. The van der Waals surface area contributed by atoms with Gasteiger partial charge in [0.05, 0.1) is 6.61 Å². The fourth-order valence-electron chi connectivity index (χ4n) is 1.84. The third-order valence-electron chi connectivity index (χ3n) is 3.50. The highest BCUT2D eigenvalue weighted by atomic mass is 16.6. The van der Waals surface area contributed by atoms with E-state index in [0.29, 0.717) is 23.7 Å². The summed E-state index contributed by atoms with van der Waals surface area (Å²) in [5, 5.41) is 8.98. The van der Waals surface area contributed by atoms with Crippen LogP contribution >= 0.6 is 0 Å². The number of unbranched alkanes of at least 4 members (excludes halogenated alkanes) is 1. The van der Waals surface area contributed by atoms with E-state index in [1.165, 1.54) is 19.1 Å². The zero-order valence-electron chi connectivity index (χ0n) is 14.9. The van der Waals surface area contributed by atoms with Gasteiger partial charge in [-0.15, -0.1) is 0 Å². The van der Waals surface area contributed by atoms with Crippen LogP contribution in [-0.4, -0.2) is 29.9 Å². The van der Waals surface area contributed by atoms with Gasteiger partial charge in [-0.25, -0.2) is 9.59 Å². The van der Waals surface area contributed by atoms with Crippen LogP contribution in [0.15, 0.2) is 23.3 Å². The van der Waals surface area contributed by atoms with Gasteiger partial charge in [-0.3, -0.25) is 0 Å². The summed E-state index contributed by atoms with van der Waals surface area (Å²) in [6, 6.07) is 0. The lowest BCUT2D eigenvalue weighted by Gasteiger charge is -2.14. The van der Waals surface area contributed by atoms with E-state index in [1.807, 2.05) is 0 Å². The molecule has 0 amide bonds. The molecule has 0 spiro atoms. The van der Waals surface area contributed by atoms with Crippen LogP contribution < -0.4 is 0 Å². The molecule has 0 bridgehead atoms. The highest BCUT2D eigenvalue weighted by Gasteiger charge is 2.12. The summed E-state index contributed by atoms with van der Waals surface area (Å²) in [5.74, 6) is -0.610. The molecule has 0 aliphatic heterocycles. The van der Waals surface area contributed by atoms with Crippen molar-refractivity contribution in [3.05, 3.63) is 23.3 Å². The van der Waals surface area contributed by atoms with Gasteiger partial charge in [0, 0.05) is 11.1 Å². The molecule has 2 unspecified atom stereocenters. The van der Waals surface area contributed by atoms with Gasteiger partial charge in [0.2, 0.25) is 0 Å². The maximum Gasteiger partial charge on any atom is 0.336 e. The van der Waals surface area contributed by atoms with E-state index in [9.17, 15) is 9.59 Å². The number of rotatable bonds is 10. The van der Waals surface area contributed by atoms with Crippen LogP contribution in [0, 0.1) is 5.92 Å². The Bertz CT molecular complexity index is 435. The summed E-state index contributed by atoms with van der Waals surface area (Å²) in [4.78, 5) is 23.4. The monoisotopic (exact) mass is 326 g/mol. The number of hydrogen-bond donors (Lipinski definition) is 1. The van der Waals surface area contributed by atoms with Gasteiger partial charge in [0.25, 0.3) is 0 Å². The summed E-state index contributed by atoms with van der Waals surface area (Å²) in [6.07, 6.45) is 6.17. The zero-order valence-corrected chi connectivity index (χ0v) is 14.9. The fraction of sp³-hybridized carbons (Fsp3) is 0.667. The predicted octanol–water partition coefficient (Wildman–Crippen LogP) is 3.52. The summed E-state index contributed by atoms with van der Waals surface area (Å²) in [6.45, 7) is 9.20. The van der Waals surface area contributed by atoms with Crippen molar-refractivity contribution >= 4 is 11.9 Å². The molecule has 1 N–H and O–H groups in total. The Morgan fingerprint density at radius 2 is 1.65 bits per heavy atom. The van der Waals surface area contributed by atoms with Gasteiger partial charge < -0.3 is 14.6 Å². The maximum absolute atomic E-state index is 11.9. The highest BCUT2D eigenvalue weighted by Crippen LogP contribution is 2.13. The molecule has 5 heteroatoms. The van der Waals surface area contributed by atoms with E-state index < -0.39 is 12.3 Å². The molecule has 0 aromatic heterocycles. The van der Waals surface area contributed by atoms with E-state index >= 15 is 0 Å². The minimum atomic E-state index is -1.16. The average Bonchev–Trinajstić information content (AvgIpc) is 2.51. The van der Waals surface area contributed by atoms with Crippen molar-refractivity contribution in [3.8, 4) is 0 Å². The molecule has 0 aliphatic rings. The van der Waals surface area contributed by atoms with Crippen molar-refractivity contribution in [2.45, 2.75) is 66.6 Å². The number of carbonyl (C=O) groups is 2. The average molecular weight is 326 g/mol. The van der Waals surface area contributed by atoms with Gasteiger partial charge in [-0.2, -0.15) is 0 Å². The van der Waals surface area contributed by atoms with Crippen molar-refractivity contribution in [1.29, 1.82) is 0 Å². The molecule has 0 rings (SSSR count). The lowest BCUT2D eigenvalue weighted by Crippen LogP contribution is -2.15. The predicted molar refractivity (Wildman–Crippen MR) is 89.6 cm³/mol. The first-order valence-corrected chi connectivity index (χ1v) is 8.23. The molecule has 132 valence electrons. The number of hydrogen-bond acceptors (Lipinski definition) is 5. The minimum absolute atomic E-state index is 0.299. The Morgan fingerprint density at radius 3 is 2.13 bits per heavy atom. The zero-order chi connectivity index (χ0) is 17.8. The largest absolute Gasteiger partial charge is 0.462 e. The molecular formula is C18H30O5. The normalized spacial score (nSPS) is 15.0. The Morgan fingerprint density at radius 1 is 1.09 bits per heavy atom. The van der Waals surface area contributed by atoms with Crippen molar-refractivity contribution in [1.82, 2.24) is 0 Å². The smallest absolute Gasteiger partial charge is 0.336 e. The molecule has 0 heterocycles.